The Morgan fingerprint density at radius 1 is 1.03 bits per heavy atom. The molecule has 0 fully saturated rings. The minimum absolute atomic E-state index is 0.374. The summed E-state index contributed by atoms with van der Waals surface area (Å²) in [6.07, 6.45) is 3.72. The number of carbonyl (C=O) groups is 1. The number of esters is 1. The molecule has 7 heteroatoms. The SMILES string of the molecule is COC(=O)/C=C/Cc1ccc2c(c1)c1cc(Cl)ccc1c1nc(-c3c(C#N)cccc3C#N)[nH]c21. The van der Waals surface area contributed by atoms with Crippen molar-refractivity contribution in [3.63, 3.8) is 0 Å². The molecule has 1 heterocycles. The summed E-state index contributed by atoms with van der Waals surface area (Å²) >= 11 is 6.36. The Morgan fingerprint density at radius 3 is 2.46 bits per heavy atom. The van der Waals surface area contributed by atoms with E-state index < -0.39 is 5.97 Å². The first-order chi connectivity index (χ1) is 17.0. The van der Waals surface area contributed by atoms with Gasteiger partial charge in [0.05, 0.1) is 47.0 Å². The second-order valence-electron chi connectivity index (χ2n) is 7.96. The highest BCUT2D eigenvalue weighted by molar-refractivity contribution is 6.33. The van der Waals surface area contributed by atoms with Gasteiger partial charge in [0.1, 0.15) is 5.82 Å². The van der Waals surface area contributed by atoms with Crippen LogP contribution in [0.5, 0.6) is 0 Å². The zero-order chi connectivity index (χ0) is 24.5. The number of fused-ring (bicyclic) bond motifs is 6. The van der Waals surface area contributed by atoms with Gasteiger partial charge in [0, 0.05) is 21.9 Å². The number of H-pyrrole nitrogens is 1. The number of aromatic nitrogens is 2. The van der Waals surface area contributed by atoms with Crippen LogP contribution in [0, 0.1) is 22.7 Å². The molecule has 5 aromatic rings. The zero-order valence-corrected chi connectivity index (χ0v) is 19.3. The van der Waals surface area contributed by atoms with Crippen LogP contribution in [0.15, 0.2) is 66.7 Å². The number of benzene rings is 4. The summed E-state index contributed by atoms with van der Waals surface area (Å²) in [5, 5.41) is 23.6. The third-order valence-electron chi connectivity index (χ3n) is 5.93. The molecule has 0 unspecified atom stereocenters. The number of nitrogens with zero attached hydrogens (tertiary/aromatic N) is 3. The summed E-state index contributed by atoms with van der Waals surface area (Å²) in [4.78, 5) is 19.6. The van der Waals surface area contributed by atoms with E-state index in [4.69, 9.17) is 16.6 Å². The normalized spacial score (nSPS) is 11.2. The molecule has 4 aromatic carbocycles. The standard InChI is InChI=1S/C28H17ClN4O2/c1-35-24(34)7-2-4-16-8-10-20-22(12-16)23-13-19(29)9-11-21(23)27-26(20)32-28(33-27)25-17(14-30)5-3-6-18(25)15-31/h2-3,5-13H,4H2,1H3,(H,32,33)/b7-2+. The molecule has 0 aliphatic carbocycles. The van der Waals surface area contributed by atoms with Crippen LogP contribution < -0.4 is 0 Å². The number of hydrogen-bond acceptors (Lipinski definition) is 5. The Kier molecular flexibility index (Phi) is 5.66. The molecular weight excluding hydrogens is 460 g/mol. The van der Waals surface area contributed by atoms with Crippen molar-refractivity contribution in [3.8, 4) is 23.5 Å². The molecule has 0 saturated carbocycles. The molecule has 0 aliphatic rings. The second kappa shape index (κ2) is 8.95. The van der Waals surface area contributed by atoms with Gasteiger partial charge in [-0.15, -0.1) is 0 Å². The smallest absolute Gasteiger partial charge is 0.330 e. The van der Waals surface area contributed by atoms with Crippen LogP contribution in [0.1, 0.15) is 16.7 Å². The van der Waals surface area contributed by atoms with Crippen molar-refractivity contribution in [3.05, 3.63) is 88.5 Å². The van der Waals surface area contributed by atoms with Gasteiger partial charge in [0.2, 0.25) is 0 Å². The number of carbonyl (C=O) groups excluding carboxylic acids is 1. The molecule has 0 bridgehead atoms. The fourth-order valence-electron chi connectivity index (χ4n) is 4.34. The Bertz CT molecular complexity index is 1740. The fourth-order valence-corrected chi connectivity index (χ4v) is 4.51. The van der Waals surface area contributed by atoms with E-state index in [0.717, 1.165) is 38.1 Å². The maximum absolute atomic E-state index is 11.4. The third kappa shape index (κ3) is 3.87. The lowest BCUT2D eigenvalue weighted by Crippen LogP contribution is -1.94. The molecular formula is C28H17ClN4O2. The van der Waals surface area contributed by atoms with Crippen molar-refractivity contribution >= 4 is 50.1 Å². The predicted molar refractivity (Wildman–Crippen MR) is 136 cm³/mol. The summed E-state index contributed by atoms with van der Waals surface area (Å²) in [6, 6.07) is 21.1. The second-order valence-corrected chi connectivity index (χ2v) is 8.40. The van der Waals surface area contributed by atoms with Gasteiger partial charge in [-0.25, -0.2) is 9.78 Å². The highest BCUT2D eigenvalue weighted by atomic mass is 35.5. The number of imidazole rings is 1. The number of allylic oxidation sites excluding steroid dienone is 1. The summed E-state index contributed by atoms with van der Waals surface area (Å²) in [5.41, 5.74) is 3.78. The average molecular weight is 477 g/mol. The van der Waals surface area contributed by atoms with E-state index in [0.29, 0.717) is 34.0 Å². The largest absolute Gasteiger partial charge is 0.466 e. The van der Waals surface area contributed by atoms with Crippen molar-refractivity contribution in [2.45, 2.75) is 6.42 Å². The first-order valence-corrected chi connectivity index (χ1v) is 11.1. The van der Waals surface area contributed by atoms with Crippen LogP contribution in [-0.2, 0) is 16.0 Å². The lowest BCUT2D eigenvalue weighted by atomic mass is 9.97. The first kappa shape index (κ1) is 22.2. The van der Waals surface area contributed by atoms with Crippen LogP contribution >= 0.6 is 11.6 Å². The van der Waals surface area contributed by atoms with Gasteiger partial charge in [0.15, 0.2) is 0 Å². The molecule has 0 aliphatic heterocycles. The fraction of sp³-hybridized carbons (Fsp3) is 0.0714. The van der Waals surface area contributed by atoms with E-state index in [9.17, 15) is 15.3 Å². The molecule has 1 aromatic heterocycles. The number of aromatic amines is 1. The Labute approximate surface area is 205 Å². The number of ether oxygens (including phenoxy) is 1. The van der Waals surface area contributed by atoms with Crippen LogP contribution in [0.4, 0.5) is 0 Å². The maximum atomic E-state index is 11.4. The van der Waals surface area contributed by atoms with E-state index in [2.05, 4.69) is 27.9 Å². The highest BCUT2D eigenvalue weighted by Gasteiger charge is 2.18. The molecule has 6 nitrogen and oxygen atoms in total. The minimum Gasteiger partial charge on any atom is -0.466 e. The minimum atomic E-state index is -0.399. The Morgan fingerprint density at radius 2 is 1.74 bits per heavy atom. The van der Waals surface area contributed by atoms with Crippen LogP contribution in [0.3, 0.4) is 0 Å². The quantitative estimate of drug-likeness (QED) is 0.189. The van der Waals surface area contributed by atoms with Crippen molar-refractivity contribution in [1.29, 1.82) is 10.5 Å². The monoisotopic (exact) mass is 476 g/mol. The van der Waals surface area contributed by atoms with Crippen LogP contribution in [0.2, 0.25) is 5.02 Å². The summed E-state index contributed by atoms with van der Waals surface area (Å²) in [5.74, 6) is 0.0617. The molecule has 0 radical (unpaired) electrons. The third-order valence-corrected chi connectivity index (χ3v) is 6.17. The molecule has 0 saturated heterocycles. The topological polar surface area (TPSA) is 103 Å². The van der Waals surface area contributed by atoms with E-state index in [-0.39, 0.29) is 0 Å². The van der Waals surface area contributed by atoms with Gasteiger partial charge in [-0.2, -0.15) is 10.5 Å². The van der Waals surface area contributed by atoms with E-state index >= 15 is 0 Å². The van der Waals surface area contributed by atoms with Gasteiger partial charge in [0.25, 0.3) is 0 Å². The van der Waals surface area contributed by atoms with E-state index in [1.165, 1.54) is 13.2 Å². The van der Waals surface area contributed by atoms with Crippen molar-refractivity contribution < 1.29 is 9.53 Å². The Balaban J connectivity index is 1.79. The number of nitriles is 2. The summed E-state index contributed by atoms with van der Waals surface area (Å²) < 4.78 is 4.66. The van der Waals surface area contributed by atoms with Crippen molar-refractivity contribution in [2.24, 2.45) is 0 Å². The molecule has 35 heavy (non-hydrogen) atoms. The molecule has 0 amide bonds. The zero-order valence-electron chi connectivity index (χ0n) is 18.6. The Hall–Kier alpha value is -4.65. The van der Waals surface area contributed by atoms with Crippen molar-refractivity contribution in [1.82, 2.24) is 9.97 Å². The highest BCUT2D eigenvalue weighted by Crippen LogP contribution is 2.38. The molecule has 5 rings (SSSR count). The average Bonchev–Trinajstić information content (AvgIpc) is 3.33. The number of methoxy groups -OCH3 is 1. The van der Waals surface area contributed by atoms with E-state index in [1.807, 2.05) is 30.3 Å². The predicted octanol–water partition coefficient (Wildman–Crippen LogP) is 6.20. The molecule has 0 spiro atoms. The van der Waals surface area contributed by atoms with Gasteiger partial charge in [-0.05, 0) is 47.0 Å². The van der Waals surface area contributed by atoms with Crippen LogP contribution in [0.25, 0.3) is 44.0 Å². The number of nitrogens with one attached hydrogen (secondary N) is 1. The van der Waals surface area contributed by atoms with Crippen molar-refractivity contribution in [2.75, 3.05) is 7.11 Å². The van der Waals surface area contributed by atoms with Gasteiger partial charge in [-0.1, -0.05) is 48.0 Å². The first-order valence-electron chi connectivity index (χ1n) is 10.8. The number of rotatable bonds is 4. The lowest BCUT2D eigenvalue weighted by molar-refractivity contribution is -0.134. The van der Waals surface area contributed by atoms with Crippen LogP contribution in [-0.4, -0.2) is 23.0 Å². The molecule has 0 atom stereocenters. The van der Waals surface area contributed by atoms with Gasteiger partial charge in [-0.3, -0.25) is 0 Å². The molecule has 1 N–H and O–H groups in total. The number of halogens is 1. The number of hydrogen-bond donors (Lipinski definition) is 1. The maximum Gasteiger partial charge on any atom is 0.330 e. The summed E-state index contributed by atoms with van der Waals surface area (Å²) in [6.45, 7) is 0. The van der Waals surface area contributed by atoms with Gasteiger partial charge >= 0.3 is 5.97 Å². The van der Waals surface area contributed by atoms with Gasteiger partial charge < -0.3 is 9.72 Å². The molecule has 168 valence electrons. The lowest BCUT2D eigenvalue weighted by Gasteiger charge is -2.08. The van der Waals surface area contributed by atoms with E-state index in [1.54, 1.807) is 24.3 Å². The summed E-state index contributed by atoms with van der Waals surface area (Å²) in [7, 11) is 1.34.